The van der Waals surface area contributed by atoms with Crippen molar-refractivity contribution in [1.29, 1.82) is 0 Å². The molecular formula is C9H15O. The van der Waals surface area contributed by atoms with Gasteiger partial charge < -0.3 is 4.74 Å². The van der Waals surface area contributed by atoms with Crippen LogP contribution in [0.15, 0.2) is 0 Å². The Bertz CT molecular complexity index is 116. The summed E-state index contributed by atoms with van der Waals surface area (Å²) in [5, 5.41) is 0. The van der Waals surface area contributed by atoms with Gasteiger partial charge in [0.1, 0.15) is 6.10 Å². The molecule has 0 amide bonds. The fraction of sp³-hybridized carbons (Fsp3) is 0.889. The van der Waals surface area contributed by atoms with Crippen LogP contribution in [-0.2, 0) is 4.74 Å². The van der Waals surface area contributed by atoms with Gasteiger partial charge in [0.25, 0.3) is 0 Å². The third kappa shape index (κ3) is 1.20. The van der Waals surface area contributed by atoms with Crippen molar-refractivity contribution in [3.8, 4) is 0 Å². The first-order valence-electron chi connectivity index (χ1n) is 4.38. The molecule has 1 heterocycles. The van der Waals surface area contributed by atoms with Crippen molar-refractivity contribution in [3.63, 3.8) is 0 Å². The van der Waals surface area contributed by atoms with E-state index in [1.165, 1.54) is 38.2 Å². The topological polar surface area (TPSA) is 12.5 Å². The van der Waals surface area contributed by atoms with Crippen molar-refractivity contribution in [2.45, 2.75) is 45.1 Å². The third-order valence-corrected chi connectivity index (χ3v) is 2.73. The number of rotatable bonds is 1. The summed E-state index contributed by atoms with van der Waals surface area (Å²) in [6, 6.07) is 0. The maximum absolute atomic E-state index is 5.37. The predicted molar refractivity (Wildman–Crippen MR) is 40.4 cm³/mol. The van der Waals surface area contributed by atoms with Gasteiger partial charge in [-0.15, -0.1) is 0 Å². The number of ether oxygens (including phenoxy) is 1. The van der Waals surface area contributed by atoms with Crippen LogP contribution in [0.2, 0.25) is 0 Å². The van der Waals surface area contributed by atoms with Crippen molar-refractivity contribution < 1.29 is 4.74 Å². The molecule has 1 radical (unpaired) electrons. The minimum absolute atomic E-state index is 0.570. The van der Waals surface area contributed by atoms with Crippen molar-refractivity contribution in [2.24, 2.45) is 5.92 Å². The lowest BCUT2D eigenvalue weighted by Gasteiger charge is -2.18. The lowest BCUT2D eigenvalue weighted by molar-refractivity contribution is 0.266. The summed E-state index contributed by atoms with van der Waals surface area (Å²) in [7, 11) is 0. The molecule has 0 bridgehead atoms. The average Bonchev–Trinajstić information content (AvgIpc) is 2.69. The molecule has 10 heavy (non-hydrogen) atoms. The second kappa shape index (κ2) is 2.54. The van der Waals surface area contributed by atoms with E-state index in [-0.39, 0.29) is 0 Å². The Labute approximate surface area is 62.8 Å². The molecule has 0 N–H and O–H groups in total. The Balaban J connectivity index is 1.81. The lowest BCUT2D eigenvalue weighted by atomic mass is 9.86. The molecule has 0 aromatic rings. The van der Waals surface area contributed by atoms with E-state index in [0.29, 0.717) is 6.10 Å². The first-order valence-corrected chi connectivity index (χ1v) is 4.38. The van der Waals surface area contributed by atoms with E-state index < -0.39 is 0 Å². The van der Waals surface area contributed by atoms with E-state index in [4.69, 9.17) is 4.74 Å². The summed E-state index contributed by atoms with van der Waals surface area (Å²) >= 11 is 0. The van der Waals surface area contributed by atoms with Crippen LogP contribution in [0, 0.1) is 12.0 Å². The Kier molecular flexibility index (Phi) is 1.69. The summed E-state index contributed by atoms with van der Waals surface area (Å²) in [4.78, 5) is 0. The fourth-order valence-electron chi connectivity index (χ4n) is 2.03. The zero-order chi connectivity index (χ0) is 6.97. The van der Waals surface area contributed by atoms with Crippen LogP contribution in [0.5, 0.6) is 0 Å². The molecule has 1 aliphatic heterocycles. The second-order valence-electron chi connectivity index (χ2n) is 3.55. The average molecular weight is 139 g/mol. The van der Waals surface area contributed by atoms with Crippen LogP contribution < -0.4 is 0 Å². The molecule has 1 unspecified atom stereocenters. The van der Waals surface area contributed by atoms with Crippen molar-refractivity contribution in [3.05, 3.63) is 6.10 Å². The summed E-state index contributed by atoms with van der Waals surface area (Å²) < 4.78 is 5.37. The van der Waals surface area contributed by atoms with Gasteiger partial charge in [0.2, 0.25) is 0 Å². The monoisotopic (exact) mass is 139 g/mol. The van der Waals surface area contributed by atoms with E-state index in [0.717, 1.165) is 5.92 Å². The molecule has 1 aliphatic carbocycles. The SMILES string of the molecule is C[C]1OC1C1CCCCC1. The minimum atomic E-state index is 0.570. The highest BCUT2D eigenvalue weighted by atomic mass is 16.6. The van der Waals surface area contributed by atoms with Crippen LogP contribution in [0.1, 0.15) is 39.0 Å². The predicted octanol–water partition coefficient (Wildman–Crippen LogP) is 2.52. The summed E-state index contributed by atoms with van der Waals surface area (Å²) in [5.41, 5.74) is 0. The lowest BCUT2D eigenvalue weighted by Crippen LogP contribution is -2.12. The van der Waals surface area contributed by atoms with E-state index >= 15 is 0 Å². The van der Waals surface area contributed by atoms with Gasteiger partial charge in [-0.05, 0) is 25.7 Å². The molecule has 1 heteroatoms. The highest BCUT2D eigenvalue weighted by molar-refractivity contribution is 5.03. The Hall–Kier alpha value is -0.0400. The van der Waals surface area contributed by atoms with Crippen LogP contribution in [-0.4, -0.2) is 6.10 Å². The number of epoxide rings is 1. The normalized spacial score (nSPS) is 36.3. The Morgan fingerprint density at radius 2 is 1.80 bits per heavy atom. The number of hydrogen-bond acceptors (Lipinski definition) is 1. The zero-order valence-corrected chi connectivity index (χ0v) is 6.60. The van der Waals surface area contributed by atoms with Gasteiger partial charge in [-0.25, -0.2) is 0 Å². The van der Waals surface area contributed by atoms with Gasteiger partial charge >= 0.3 is 0 Å². The Morgan fingerprint density at radius 1 is 1.20 bits per heavy atom. The Morgan fingerprint density at radius 3 is 2.30 bits per heavy atom. The highest BCUT2D eigenvalue weighted by Gasteiger charge is 2.42. The van der Waals surface area contributed by atoms with E-state index in [9.17, 15) is 0 Å². The van der Waals surface area contributed by atoms with Gasteiger partial charge in [-0.1, -0.05) is 19.3 Å². The molecular weight excluding hydrogens is 124 g/mol. The van der Waals surface area contributed by atoms with Gasteiger partial charge in [0.05, 0.1) is 6.10 Å². The van der Waals surface area contributed by atoms with Gasteiger partial charge in [0.15, 0.2) is 0 Å². The summed E-state index contributed by atoms with van der Waals surface area (Å²) in [6.07, 6.45) is 8.97. The van der Waals surface area contributed by atoms with E-state index in [2.05, 4.69) is 6.92 Å². The number of hydrogen-bond donors (Lipinski definition) is 0. The maximum atomic E-state index is 5.37. The molecule has 1 saturated heterocycles. The fourth-order valence-corrected chi connectivity index (χ4v) is 2.03. The highest BCUT2D eigenvalue weighted by Crippen LogP contribution is 2.42. The molecule has 1 atom stereocenters. The van der Waals surface area contributed by atoms with Gasteiger partial charge in [-0.2, -0.15) is 0 Å². The molecule has 0 aromatic carbocycles. The molecule has 2 rings (SSSR count). The summed E-state index contributed by atoms with van der Waals surface area (Å²) in [5.74, 6) is 0.883. The molecule has 2 fully saturated rings. The maximum Gasteiger partial charge on any atom is 0.123 e. The largest absolute Gasteiger partial charge is 0.363 e. The van der Waals surface area contributed by atoms with Crippen molar-refractivity contribution >= 4 is 0 Å². The van der Waals surface area contributed by atoms with Crippen molar-refractivity contribution in [1.82, 2.24) is 0 Å². The summed E-state index contributed by atoms with van der Waals surface area (Å²) in [6.45, 7) is 2.11. The smallest absolute Gasteiger partial charge is 0.123 e. The molecule has 0 spiro atoms. The van der Waals surface area contributed by atoms with E-state index in [1.54, 1.807) is 0 Å². The van der Waals surface area contributed by atoms with Gasteiger partial charge in [0, 0.05) is 0 Å². The van der Waals surface area contributed by atoms with Crippen LogP contribution in [0.25, 0.3) is 0 Å². The molecule has 0 aromatic heterocycles. The third-order valence-electron chi connectivity index (χ3n) is 2.73. The zero-order valence-electron chi connectivity index (χ0n) is 6.60. The van der Waals surface area contributed by atoms with Gasteiger partial charge in [-0.3, -0.25) is 0 Å². The first kappa shape index (κ1) is 6.66. The standard InChI is InChI=1S/C9H15O/c1-7-9(10-7)8-5-3-2-4-6-8/h8-9H,2-6H2,1H3. The quantitative estimate of drug-likeness (QED) is 0.508. The molecule has 1 saturated carbocycles. The van der Waals surface area contributed by atoms with Crippen molar-refractivity contribution in [2.75, 3.05) is 0 Å². The van der Waals surface area contributed by atoms with Crippen LogP contribution >= 0.6 is 0 Å². The van der Waals surface area contributed by atoms with Crippen LogP contribution in [0.4, 0.5) is 0 Å². The first-order chi connectivity index (χ1) is 4.88. The molecule has 2 aliphatic rings. The van der Waals surface area contributed by atoms with E-state index in [1.807, 2.05) is 0 Å². The molecule has 57 valence electrons. The minimum Gasteiger partial charge on any atom is -0.363 e. The van der Waals surface area contributed by atoms with Crippen LogP contribution in [0.3, 0.4) is 0 Å². The second-order valence-corrected chi connectivity index (χ2v) is 3.55. The molecule has 1 nitrogen and oxygen atoms in total.